The number of carbonyl (C=O) groups is 1. The summed E-state index contributed by atoms with van der Waals surface area (Å²) in [4.78, 5) is 15.3. The minimum atomic E-state index is -0.602. The minimum absolute atomic E-state index is 0.104. The molecule has 16 heavy (non-hydrogen) atoms. The van der Waals surface area contributed by atoms with Gasteiger partial charge >= 0.3 is 5.97 Å². The molecule has 0 unspecified atom stereocenters. The molecular formula is C10H5BrClNO3. The van der Waals surface area contributed by atoms with Crippen LogP contribution in [0.2, 0.25) is 5.02 Å². The van der Waals surface area contributed by atoms with Crippen LogP contribution < -0.4 is 4.74 Å². The molecule has 0 N–H and O–H groups in total. The average molecular weight is 303 g/mol. The van der Waals surface area contributed by atoms with E-state index in [-0.39, 0.29) is 11.5 Å². The molecule has 2 rings (SSSR count). The lowest BCUT2D eigenvalue weighted by Crippen LogP contribution is -2.07. The second-order valence-electron chi connectivity index (χ2n) is 2.83. The first kappa shape index (κ1) is 11.2. The number of hydrogen-bond donors (Lipinski definition) is 0. The number of rotatable bonds is 2. The second kappa shape index (κ2) is 4.67. The van der Waals surface area contributed by atoms with Crippen LogP contribution >= 0.6 is 27.5 Å². The molecule has 0 aliphatic heterocycles. The highest BCUT2D eigenvalue weighted by atomic mass is 79.9. The predicted molar refractivity (Wildman–Crippen MR) is 60.6 cm³/mol. The van der Waals surface area contributed by atoms with E-state index in [9.17, 15) is 4.79 Å². The Bertz CT molecular complexity index is 526. The Morgan fingerprint density at radius 3 is 2.88 bits per heavy atom. The van der Waals surface area contributed by atoms with Crippen molar-refractivity contribution in [3.63, 3.8) is 0 Å². The molecule has 4 nitrogen and oxygen atoms in total. The van der Waals surface area contributed by atoms with E-state index in [0.29, 0.717) is 9.69 Å². The summed E-state index contributed by atoms with van der Waals surface area (Å²) in [5.41, 5.74) is 0. The molecule has 0 bridgehead atoms. The van der Waals surface area contributed by atoms with Crippen LogP contribution in [-0.4, -0.2) is 11.0 Å². The van der Waals surface area contributed by atoms with Gasteiger partial charge in [0, 0.05) is 12.3 Å². The Kier molecular flexibility index (Phi) is 3.26. The highest BCUT2D eigenvalue weighted by Gasteiger charge is 2.13. The van der Waals surface area contributed by atoms with Gasteiger partial charge in [-0.05, 0) is 28.1 Å². The van der Waals surface area contributed by atoms with E-state index < -0.39 is 5.97 Å². The summed E-state index contributed by atoms with van der Waals surface area (Å²) in [6, 6.07) is 4.60. The molecule has 0 atom stereocenters. The van der Waals surface area contributed by atoms with Crippen LogP contribution in [0.3, 0.4) is 0 Å². The highest BCUT2D eigenvalue weighted by molar-refractivity contribution is 9.10. The molecule has 0 aliphatic carbocycles. The lowest BCUT2D eigenvalue weighted by Gasteiger charge is -2.01. The van der Waals surface area contributed by atoms with E-state index in [1.165, 1.54) is 24.5 Å². The number of hydrogen-bond acceptors (Lipinski definition) is 4. The monoisotopic (exact) mass is 301 g/mol. The molecule has 0 radical (unpaired) electrons. The summed E-state index contributed by atoms with van der Waals surface area (Å²) in [6.07, 6.45) is 2.84. The van der Waals surface area contributed by atoms with E-state index in [0.717, 1.165) is 0 Å². The van der Waals surface area contributed by atoms with Crippen LogP contribution in [0.1, 0.15) is 10.6 Å². The number of furan rings is 1. The predicted octanol–water partition coefficient (Wildman–Crippen LogP) is 3.31. The van der Waals surface area contributed by atoms with Crippen molar-refractivity contribution in [2.45, 2.75) is 0 Å². The van der Waals surface area contributed by atoms with Crippen molar-refractivity contribution < 1.29 is 13.9 Å². The first-order valence-corrected chi connectivity index (χ1v) is 5.40. The highest BCUT2D eigenvalue weighted by Crippen LogP contribution is 2.19. The van der Waals surface area contributed by atoms with Crippen molar-refractivity contribution in [1.29, 1.82) is 0 Å². The second-order valence-corrected chi connectivity index (χ2v) is 4.05. The van der Waals surface area contributed by atoms with Crippen LogP contribution in [0.25, 0.3) is 0 Å². The van der Waals surface area contributed by atoms with Gasteiger partial charge in [0.2, 0.25) is 5.76 Å². The topological polar surface area (TPSA) is 52.3 Å². The van der Waals surface area contributed by atoms with Gasteiger partial charge in [-0.15, -0.1) is 0 Å². The van der Waals surface area contributed by atoms with Gasteiger partial charge in [-0.3, -0.25) is 4.98 Å². The van der Waals surface area contributed by atoms with Crippen molar-refractivity contribution in [3.8, 4) is 5.75 Å². The van der Waals surface area contributed by atoms with Gasteiger partial charge in [-0.1, -0.05) is 11.6 Å². The molecule has 82 valence electrons. The standard InChI is InChI=1S/C10H5BrClNO3/c11-9-2-1-8(16-9)10(14)15-7-3-6(12)4-13-5-7/h1-5H. The normalized spacial score (nSPS) is 10.1. The Hall–Kier alpha value is -1.33. The van der Waals surface area contributed by atoms with Crippen molar-refractivity contribution in [1.82, 2.24) is 4.98 Å². The van der Waals surface area contributed by atoms with Gasteiger partial charge in [0.1, 0.15) is 0 Å². The van der Waals surface area contributed by atoms with E-state index >= 15 is 0 Å². The molecule has 0 amide bonds. The SMILES string of the molecule is O=C(Oc1cncc(Cl)c1)c1ccc(Br)o1. The van der Waals surface area contributed by atoms with Crippen LogP contribution in [0, 0.1) is 0 Å². The van der Waals surface area contributed by atoms with Crippen molar-refractivity contribution in [3.05, 3.63) is 46.0 Å². The summed E-state index contributed by atoms with van der Waals surface area (Å²) in [5.74, 6) is -0.230. The summed E-state index contributed by atoms with van der Waals surface area (Å²) >= 11 is 8.78. The van der Waals surface area contributed by atoms with E-state index in [1.54, 1.807) is 6.07 Å². The molecule has 0 saturated carbocycles. The lowest BCUT2D eigenvalue weighted by atomic mass is 10.4. The molecule has 0 fully saturated rings. The lowest BCUT2D eigenvalue weighted by molar-refractivity contribution is 0.0699. The van der Waals surface area contributed by atoms with Crippen LogP contribution in [0.5, 0.6) is 5.75 Å². The fraction of sp³-hybridized carbons (Fsp3) is 0. The summed E-state index contributed by atoms with van der Waals surface area (Å²) in [7, 11) is 0. The zero-order valence-electron chi connectivity index (χ0n) is 7.81. The van der Waals surface area contributed by atoms with Gasteiger partial charge in [0.15, 0.2) is 10.4 Å². The Morgan fingerprint density at radius 2 is 2.25 bits per heavy atom. The molecule has 0 aliphatic rings. The van der Waals surface area contributed by atoms with Gasteiger partial charge in [0.05, 0.1) is 11.2 Å². The summed E-state index contributed by atoms with van der Waals surface area (Å²) < 4.78 is 10.5. The van der Waals surface area contributed by atoms with Crippen molar-refractivity contribution in [2.24, 2.45) is 0 Å². The number of aromatic nitrogens is 1. The van der Waals surface area contributed by atoms with Crippen LogP contribution in [0.15, 0.2) is 39.7 Å². The maximum atomic E-state index is 11.5. The van der Waals surface area contributed by atoms with Gasteiger partial charge in [-0.2, -0.15) is 0 Å². The molecule has 0 aromatic carbocycles. The van der Waals surface area contributed by atoms with Crippen molar-refractivity contribution >= 4 is 33.5 Å². The number of halogens is 2. The van der Waals surface area contributed by atoms with Crippen molar-refractivity contribution in [2.75, 3.05) is 0 Å². The Morgan fingerprint density at radius 1 is 1.44 bits per heavy atom. The fourth-order valence-corrected chi connectivity index (χ4v) is 1.50. The number of esters is 1. The largest absolute Gasteiger partial charge is 0.442 e. The first-order chi connectivity index (χ1) is 7.65. The summed E-state index contributed by atoms with van der Waals surface area (Å²) in [5, 5.41) is 0.394. The maximum Gasteiger partial charge on any atom is 0.379 e. The minimum Gasteiger partial charge on any atom is -0.442 e. The van der Waals surface area contributed by atoms with E-state index in [1.807, 2.05) is 0 Å². The number of ether oxygens (including phenoxy) is 1. The fourth-order valence-electron chi connectivity index (χ4n) is 1.03. The number of carbonyl (C=O) groups excluding carboxylic acids is 1. The van der Waals surface area contributed by atoms with E-state index in [2.05, 4.69) is 20.9 Å². The first-order valence-electron chi connectivity index (χ1n) is 4.23. The summed E-state index contributed by atoms with van der Waals surface area (Å²) in [6.45, 7) is 0. The quantitative estimate of drug-likeness (QED) is 0.799. The third-order valence-corrected chi connectivity index (χ3v) is 2.30. The molecule has 2 aromatic heterocycles. The molecule has 2 aromatic rings. The van der Waals surface area contributed by atoms with Crippen LogP contribution in [0.4, 0.5) is 0 Å². The van der Waals surface area contributed by atoms with Gasteiger partial charge < -0.3 is 9.15 Å². The third kappa shape index (κ3) is 2.62. The molecular weight excluding hydrogens is 297 g/mol. The zero-order chi connectivity index (χ0) is 11.5. The number of pyridine rings is 1. The zero-order valence-corrected chi connectivity index (χ0v) is 10.2. The van der Waals surface area contributed by atoms with Gasteiger partial charge in [-0.25, -0.2) is 4.79 Å². The maximum absolute atomic E-state index is 11.5. The molecule has 0 saturated heterocycles. The smallest absolute Gasteiger partial charge is 0.379 e. The number of nitrogens with zero attached hydrogens (tertiary/aromatic N) is 1. The molecule has 0 spiro atoms. The average Bonchev–Trinajstić information content (AvgIpc) is 2.65. The molecule has 2 heterocycles. The molecule has 6 heteroatoms. The van der Waals surface area contributed by atoms with Crippen LogP contribution in [-0.2, 0) is 0 Å². The Labute approximate surface area is 104 Å². The van der Waals surface area contributed by atoms with E-state index in [4.69, 9.17) is 20.8 Å². The van der Waals surface area contributed by atoms with Gasteiger partial charge in [0.25, 0.3) is 0 Å². The Balaban J connectivity index is 2.13. The third-order valence-electron chi connectivity index (χ3n) is 1.66.